The van der Waals surface area contributed by atoms with Crippen molar-refractivity contribution in [2.45, 2.75) is 19.9 Å². The summed E-state index contributed by atoms with van der Waals surface area (Å²) in [5.41, 5.74) is 10.0. The number of hydrogen-bond donors (Lipinski definition) is 1. The van der Waals surface area contributed by atoms with Gasteiger partial charge in [0.25, 0.3) is 0 Å². The number of benzene rings is 1. The SMILES string of the molecule is Cc1cccc(C(N)C#Cc2cccc(C)n2)c1. The van der Waals surface area contributed by atoms with Gasteiger partial charge in [-0.1, -0.05) is 41.8 Å². The van der Waals surface area contributed by atoms with Crippen LogP contribution in [0.2, 0.25) is 0 Å². The third-order valence-electron chi connectivity index (χ3n) is 2.65. The van der Waals surface area contributed by atoms with Crippen molar-refractivity contribution in [1.82, 2.24) is 4.98 Å². The summed E-state index contributed by atoms with van der Waals surface area (Å²) < 4.78 is 0. The zero-order chi connectivity index (χ0) is 13.0. The molecule has 0 aliphatic rings. The van der Waals surface area contributed by atoms with E-state index in [4.69, 9.17) is 5.73 Å². The fraction of sp³-hybridized carbons (Fsp3) is 0.188. The number of aromatic nitrogens is 1. The van der Waals surface area contributed by atoms with E-state index in [1.165, 1.54) is 5.56 Å². The van der Waals surface area contributed by atoms with Crippen molar-refractivity contribution < 1.29 is 0 Å². The molecule has 0 spiro atoms. The Morgan fingerprint density at radius 3 is 2.61 bits per heavy atom. The number of nitrogens with zero attached hydrogens (tertiary/aromatic N) is 1. The van der Waals surface area contributed by atoms with Gasteiger partial charge < -0.3 is 5.73 Å². The lowest BCUT2D eigenvalue weighted by molar-refractivity contribution is 0.942. The Bertz CT molecular complexity index is 606. The first-order chi connectivity index (χ1) is 8.65. The number of hydrogen-bond acceptors (Lipinski definition) is 2. The summed E-state index contributed by atoms with van der Waals surface area (Å²) in [6, 6.07) is 13.6. The molecule has 0 aliphatic heterocycles. The largest absolute Gasteiger partial charge is 0.314 e. The summed E-state index contributed by atoms with van der Waals surface area (Å²) >= 11 is 0. The average Bonchev–Trinajstić information content (AvgIpc) is 2.36. The Morgan fingerprint density at radius 2 is 1.89 bits per heavy atom. The first-order valence-electron chi connectivity index (χ1n) is 5.92. The van der Waals surface area contributed by atoms with Crippen molar-refractivity contribution in [1.29, 1.82) is 0 Å². The lowest BCUT2D eigenvalue weighted by Crippen LogP contribution is -2.07. The van der Waals surface area contributed by atoms with Gasteiger partial charge in [0.2, 0.25) is 0 Å². The third kappa shape index (κ3) is 3.19. The van der Waals surface area contributed by atoms with Gasteiger partial charge >= 0.3 is 0 Å². The fourth-order valence-corrected chi connectivity index (χ4v) is 1.71. The quantitative estimate of drug-likeness (QED) is 0.773. The highest BCUT2D eigenvalue weighted by molar-refractivity contribution is 5.35. The summed E-state index contributed by atoms with van der Waals surface area (Å²) in [5, 5.41) is 0. The highest BCUT2D eigenvalue weighted by Crippen LogP contribution is 2.11. The second-order valence-corrected chi connectivity index (χ2v) is 4.33. The topological polar surface area (TPSA) is 38.9 Å². The number of pyridine rings is 1. The van der Waals surface area contributed by atoms with Gasteiger partial charge in [-0.25, -0.2) is 4.98 Å². The summed E-state index contributed by atoms with van der Waals surface area (Å²) in [4.78, 5) is 4.33. The summed E-state index contributed by atoms with van der Waals surface area (Å²) in [7, 11) is 0. The Balaban J connectivity index is 2.20. The Labute approximate surface area is 108 Å². The van der Waals surface area contributed by atoms with Crippen molar-refractivity contribution >= 4 is 0 Å². The van der Waals surface area contributed by atoms with E-state index in [1.807, 2.05) is 50.2 Å². The number of aryl methyl sites for hydroxylation is 2. The Kier molecular flexibility index (Phi) is 3.76. The van der Waals surface area contributed by atoms with Crippen LogP contribution in [0.3, 0.4) is 0 Å². The minimum Gasteiger partial charge on any atom is -0.314 e. The normalized spacial score (nSPS) is 11.5. The second-order valence-electron chi connectivity index (χ2n) is 4.33. The standard InChI is InChI=1S/C16H16N2/c1-12-5-3-7-14(11-12)16(17)10-9-15-8-4-6-13(2)18-15/h3-8,11,16H,17H2,1-2H3. The minimum atomic E-state index is -0.271. The molecule has 2 heteroatoms. The van der Waals surface area contributed by atoms with Crippen LogP contribution in [-0.2, 0) is 0 Å². The molecule has 0 saturated heterocycles. The maximum absolute atomic E-state index is 6.05. The lowest BCUT2D eigenvalue weighted by atomic mass is 10.1. The molecular formula is C16H16N2. The van der Waals surface area contributed by atoms with Crippen molar-refractivity contribution in [3.8, 4) is 11.8 Å². The molecule has 1 unspecified atom stereocenters. The molecule has 2 aromatic rings. The van der Waals surface area contributed by atoms with Gasteiger partial charge in [-0.3, -0.25) is 0 Å². The van der Waals surface area contributed by atoms with Crippen LogP contribution in [-0.4, -0.2) is 4.98 Å². The van der Waals surface area contributed by atoms with Crippen LogP contribution in [0.15, 0.2) is 42.5 Å². The molecule has 0 aliphatic carbocycles. The van der Waals surface area contributed by atoms with Gasteiger partial charge in [0, 0.05) is 5.69 Å². The summed E-state index contributed by atoms with van der Waals surface area (Å²) in [6.07, 6.45) is 0. The molecule has 1 aromatic carbocycles. The molecule has 0 fully saturated rings. The highest BCUT2D eigenvalue weighted by atomic mass is 14.7. The van der Waals surface area contributed by atoms with Gasteiger partial charge in [-0.15, -0.1) is 0 Å². The minimum absolute atomic E-state index is 0.271. The maximum atomic E-state index is 6.05. The third-order valence-corrected chi connectivity index (χ3v) is 2.65. The van der Waals surface area contributed by atoms with Crippen LogP contribution in [0.4, 0.5) is 0 Å². The van der Waals surface area contributed by atoms with Crippen LogP contribution >= 0.6 is 0 Å². The van der Waals surface area contributed by atoms with E-state index in [0.29, 0.717) is 0 Å². The molecule has 1 heterocycles. The summed E-state index contributed by atoms with van der Waals surface area (Å²) in [6.45, 7) is 4.00. The smallest absolute Gasteiger partial charge is 0.113 e. The Hall–Kier alpha value is -2.11. The van der Waals surface area contributed by atoms with E-state index in [1.54, 1.807) is 0 Å². The van der Waals surface area contributed by atoms with Crippen molar-refractivity contribution in [3.05, 3.63) is 65.0 Å². The molecule has 0 amide bonds. The predicted molar refractivity (Wildman–Crippen MR) is 74.0 cm³/mol. The van der Waals surface area contributed by atoms with E-state index in [-0.39, 0.29) is 6.04 Å². The second kappa shape index (κ2) is 5.48. The molecule has 18 heavy (non-hydrogen) atoms. The molecule has 2 nitrogen and oxygen atoms in total. The molecule has 2 N–H and O–H groups in total. The molecule has 2 rings (SSSR count). The molecular weight excluding hydrogens is 220 g/mol. The van der Waals surface area contributed by atoms with Gasteiger partial charge in [0.1, 0.15) is 5.69 Å². The summed E-state index contributed by atoms with van der Waals surface area (Å²) in [5.74, 6) is 6.05. The Morgan fingerprint density at radius 1 is 1.11 bits per heavy atom. The first kappa shape index (κ1) is 12.3. The van der Waals surface area contributed by atoms with Crippen LogP contribution in [0, 0.1) is 25.7 Å². The van der Waals surface area contributed by atoms with E-state index < -0.39 is 0 Å². The average molecular weight is 236 g/mol. The van der Waals surface area contributed by atoms with Gasteiger partial charge in [-0.2, -0.15) is 0 Å². The molecule has 1 atom stereocenters. The lowest BCUT2D eigenvalue weighted by Gasteiger charge is -2.05. The zero-order valence-corrected chi connectivity index (χ0v) is 10.6. The van der Waals surface area contributed by atoms with Crippen LogP contribution in [0.25, 0.3) is 0 Å². The molecule has 0 radical (unpaired) electrons. The van der Waals surface area contributed by atoms with E-state index in [9.17, 15) is 0 Å². The van der Waals surface area contributed by atoms with Gasteiger partial charge in [0.15, 0.2) is 0 Å². The monoisotopic (exact) mass is 236 g/mol. The van der Waals surface area contributed by atoms with Gasteiger partial charge in [-0.05, 0) is 37.5 Å². The van der Waals surface area contributed by atoms with E-state index in [2.05, 4.69) is 22.9 Å². The maximum Gasteiger partial charge on any atom is 0.113 e. The van der Waals surface area contributed by atoms with E-state index in [0.717, 1.165) is 17.0 Å². The van der Waals surface area contributed by atoms with Crippen LogP contribution in [0.1, 0.15) is 28.6 Å². The van der Waals surface area contributed by atoms with Crippen LogP contribution in [0.5, 0.6) is 0 Å². The molecule has 90 valence electrons. The number of nitrogens with two attached hydrogens (primary N) is 1. The van der Waals surface area contributed by atoms with Crippen molar-refractivity contribution in [2.24, 2.45) is 5.73 Å². The number of rotatable bonds is 1. The van der Waals surface area contributed by atoms with Crippen molar-refractivity contribution in [3.63, 3.8) is 0 Å². The zero-order valence-electron chi connectivity index (χ0n) is 10.6. The molecule has 1 aromatic heterocycles. The first-order valence-corrected chi connectivity index (χ1v) is 5.92. The van der Waals surface area contributed by atoms with Crippen LogP contribution < -0.4 is 5.73 Å². The molecule has 0 saturated carbocycles. The van der Waals surface area contributed by atoms with Crippen molar-refractivity contribution in [2.75, 3.05) is 0 Å². The van der Waals surface area contributed by atoms with Gasteiger partial charge in [0.05, 0.1) is 6.04 Å². The molecule has 0 bridgehead atoms. The fourth-order valence-electron chi connectivity index (χ4n) is 1.71. The van der Waals surface area contributed by atoms with E-state index >= 15 is 0 Å². The predicted octanol–water partition coefficient (Wildman–Crippen LogP) is 2.75. The highest BCUT2D eigenvalue weighted by Gasteiger charge is 2.01.